The molecule has 2 aromatic heterocycles. The molecule has 0 aliphatic rings. The van der Waals surface area contributed by atoms with E-state index >= 15 is 0 Å². The molecule has 2 heterocycles. The first-order valence-corrected chi connectivity index (χ1v) is 8.64. The summed E-state index contributed by atoms with van der Waals surface area (Å²) in [5, 5.41) is 15.9. The van der Waals surface area contributed by atoms with E-state index in [0.29, 0.717) is 11.3 Å². The lowest BCUT2D eigenvalue weighted by molar-refractivity contribution is 0.102. The Morgan fingerprint density at radius 2 is 2.00 bits per heavy atom. The molecule has 4 rings (SSSR count). The quantitative estimate of drug-likeness (QED) is 0.567. The molecule has 1 amide bonds. The molecule has 0 atom stereocenters. The Hall–Kier alpha value is -2.58. The van der Waals surface area contributed by atoms with Crippen molar-refractivity contribution in [2.45, 2.75) is 0 Å². The maximum Gasteiger partial charge on any atom is 0.255 e. The second-order valence-corrected chi connectivity index (χ2v) is 6.88. The van der Waals surface area contributed by atoms with Gasteiger partial charge >= 0.3 is 0 Å². The highest BCUT2D eigenvalue weighted by Crippen LogP contribution is 2.27. The summed E-state index contributed by atoms with van der Waals surface area (Å²) in [7, 11) is 0. The Labute approximate surface area is 149 Å². The van der Waals surface area contributed by atoms with E-state index in [0.717, 1.165) is 20.0 Å². The van der Waals surface area contributed by atoms with Crippen molar-refractivity contribution in [1.82, 2.24) is 19.8 Å². The second-order valence-electron chi connectivity index (χ2n) is 5.01. The molecule has 2 aromatic carbocycles. The molecule has 0 unspecified atom stereocenters. The number of benzene rings is 2. The third-order valence-electron chi connectivity index (χ3n) is 3.36. The summed E-state index contributed by atoms with van der Waals surface area (Å²) in [6.07, 6.45) is 1.56. The van der Waals surface area contributed by atoms with Crippen LogP contribution in [0.1, 0.15) is 10.4 Å². The van der Waals surface area contributed by atoms with Gasteiger partial charge in [0.05, 0.1) is 0 Å². The number of anilines is 1. The van der Waals surface area contributed by atoms with E-state index < -0.39 is 0 Å². The standard InChI is InChI=1S/C16H10BrN5OS/c17-12-6-4-10(5-7-12)14(23)19-13-3-1-2-11(8-13)15-21-22-9-18-20-16(22)24-15/h1-9H,(H,19,23). The molecule has 0 radical (unpaired) electrons. The molecule has 0 spiro atoms. The predicted molar refractivity (Wildman–Crippen MR) is 96.2 cm³/mol. The van der Waals surface area contributed by atoms with E-state index in [4.69, 9.17) is 0 Å². The van der Waals surface area contributed by atoms with Gasteiger partial charge in [-0.3, -0.25) is 4.79 Å². The van der Waals surface area contributed by atoms with Crippen LogP contribution >= 0.6 is 27.3 Å². The van der Waals surface area contributed by atoms with Gasteiger partial charge in [-0.2, -0.15) is 9.61 Å². The number of carbonyl (C=O) groups excluding carboxylic acids is 1. The third kappa shape index (κ3) is 2.93. The Morgan fingerprint density at radius 3 is 2.79 bits per heavy atom. The van der Waals surface area contributed by atoms with Crippen LogP contribution in [0.3, 0.4) is 0 Å². The van der Waals surface area contributed by atoms with Crippen molar-refractivity contribution in [3.8, 4) is 10.6 Å². The molecule has 1 N–H and O–H groups in total. The molecule has 0 aliphatic carbocycles. The number of rotatable bonds is 3. The SMILES string of the molecule is O=C(Nc1cccc(-c2nn3cnnc3s2)c1)c1ccc(Br)cc1. The van der Waals surface area contributed by atoms with Crippen molar-refractivity contribution >= 4 is 43.8 Å². The summed E-state index contributed by atoms with van der Waals surface area (Å²) >= 11 is 4.80. The number of aromatic nitrogens is 4. The van der Waals surface area contributed by atoms with Gasteiger partial charge in [-0.1, -0.05) is 39.4 Å². The zero-order valence-corrected chi connectivity index (χ0v) is 14.6. The van der Waals surface area contributed by atoms with Crippen LogP contribution in [-0.4, -0.2) is 25.7 Å². The van der Waals surface area contributed by atoms with Gasteiger partial charge in [0.25, 0.3) is 5.91 Å². The van der Waals surface area contributed by atoms with Gasteiger partial charge in [-0.05, 0) is 36.4 Å². The van der Waals surface area contributed by atoms with Crippen LogP contribution < -0.4 is 5.32 Å². The number of fused-ring (bicyclic) bond motifs is 1. The zero-order valence-electron chi connectivity index (χ0n) is 12.2. The van der Waals surface area contributed by atoms with Crippen molar-refractivity contribution in [1.29, 1.82) is 0 Å². The lowest BCUT2D eigenvalue weighted by atomic mass is 10.2. The summed E-state index contributed by atoms with van der Waals surface area (Å²) < 4.78 is 2.57. The highest BCUT2D eigenvalue weighted by Gasteiger charge is 2.10. The number of halogens is 1. The Bertz CT molecular complexity index is 996. The maximum absolute atomic E-state index is 12.3. The van der Waals surface area contributed by atoms with E-state index in [2.05, 4.69) is 36.5 Å². The van der Waals surface area contributed by atoms with E-state index in [1.165, 1.54) is 11.3 Å². The number of hydrogen-bond donors (Lipinski definition) is 1. The molecule has 118 valence electrons. The molecule has 0 saturated heterocycles. The van der Waals surface area contributed by atoms with E-state index in [9.17, 15) is 4.79 Å². The van der Waals surface area contributed by atoms with Gasteiger partial charge in [0.1, 0.15) is 11.3 Å². The summed E-state index contributed by atoms with van der Waals surface area (Å²) in [5.41, 5.74) is 2.23. The third-order valence-corrected chi connectivity index (χ3v) is 4.85. The number of nitrogens with one attached hydrogen (secondary N) is 1. The topological polar surface area (TPSA) is 72.2 Å². The number of amides is 1. The normalized spacial score (nSPS) is 10.9. The maximum atomic E-state index is 12.3. The van der Waals surface area contributed by atoms with Gasteiger partial charge in [0, 0.05) is 21.3 Å². The fourth-order valence-electron chi connectivity index (χ4n) is 2.21. The molecule has 24 heavy (non-hydrogen) atoms. The average Bonchev–Trinajstić information content (AvgIpc) is 3.17. The van der Waals surface area contributed by atoms with E-state index in [-0.39, 0.29) is 5.91 Å². The molecule has 0 saturated carbocycles. The van der Waals surface area contributed by atoms with Crippen LogP contribution in [-0.2, 0) is 0 Å². The highest BCUT2D eigenvalue weighted by molar-refractivity contribution is 9.10. The van der Waals surface area contributed by atoms with Crippen LogP contribution in [0.15, 0.2) is 59.3 Å². The first-order chi connectivity index (χ1) is 11.7. The molecule has 0 bridgehead atoms. The van der Waals surface area contributed by atoms with Crippen molar-refractivity contribution in [2.24, 2.45) is 0 Å². The van der Waals surface area contributed by atoms with Crippen molar-refractivity contribution in [3.05, 3.63) is 64.9 Å². The first-order valence-electron chi connectivity index (χ1n) is 7.03. The number of carbonyl (C=O) groups is 1. The van der Waals surface area contributed by atoms with Crippen LogP contribution in [0.5, 0.6) is 0 Å². The summed E-state index contributed by atoms with van der Waals surface area (Å²) in [5.74, 6) is -0.155. The van der Waals surface area contributed by atoms with Gasteiger partial charge in [0.15, 0.2) is 0 Å². The highest BCUT2D eigenvalue weighted by atomic mass is 79.9. The van der Waals surface area contributed by atoms with Gasteiger partial charge in [-0.25, -0.2) is 0 Å². The monoisotopic (exact) mass is 399 g/mol. The van der Waals surface area contributed by atoms with Gasteiger partial charge in [-0.15, -0.1) is 10.2 Å². The molecular weight excluding hydrogens is 390 g/mol. The predicted octanol–water partition coefficient (Wildman–Crippen LogP) is 3.87. The Balaban J connectivity index is 1.59. The van der Waals surface area contributed by atoms with E-state index in [1.807, 2.05) is 36.4 Å². The summed E-state index contributed by atoms with van der Waals surface area (Å²) in [6, 6.07) is 14.8. The molecule has 4 aromatic rings. The fraction of sp³-hybridized carbons (Fsp3) is 0. The molecule has 0 fully saturated rings. The minimum absolute atomic E-state index is 0.155. The Kier molecular flexibility index (Phi) is 3.83. The average molecular weight is 400 g/mol. The molecule has 0 aliphatic heterocycles. The van der Waals surface area contributed by atoms with Crippen molar-refractivity contribution in [3.63, 3.8) is 0 Å². The number of hydrogen-bond acceptors (Lipinski definition) is 5. The van der Waals surface area contributed by atoms with Crippen LogP contribution in [0.25, 0.3) is 15.5 Å². The summed E-state index contributed by atoms with van der Waals surface area (Å²) in [4.78, 5) is 13.0. The van der Waals surface area contributed by atoms with Crippen LogP contribution in [0.4, 0.5) is 5.69 Å². The van der Waals surface area contributed by atoms with Crippen molar-refractivity contribution < 1.29 is 4.79 Å². The zero-order chi connectivity index (χ0) is 16.5. The molecule has 6 nitrogen and oxygen atoms in total. The van der Waals surface area contributed by atoms with Crippen LogP contribution in [0.2, 0.25) is 0 Å². The smallest absolute Gasteiger partial charge is 0.255 e. The Morgan fingerprint density at radius 1 is 1.17 bits per heavy atom. The first kappa shape index (κ1) is 15.0. The molecular formula is C16H10BrN5OS. The lowest BCUT2D eigenvalue weighted by Gasteiger charge is -2.06. The second kappa shape index (κ2) is 6.14. The molecule has 8 heteroatoms. The fourth-order valence-corrected chi connectivity index (χ4v) is 3.29. The minimum Gasteiger partial charge on any atom is -0.322 e. The van der Waals surface area contributed by atoms with Crippen LogP contribution in [0, 0.1) is 0 Å². The number of nitrogens with zero attached hydrogens (tertiary/aromatic N) is 4. The lowest BCUT2D eigenvalue weighted by Crippen LogP contribution is -2.11. The van der Waals surface area contributed by atoms with Crippen molar-refractivity contribution in [2.75, 3.05) is 5.32 Å². The largest absolute Gasteiger partial charge is 0.322 e. The van der Waals surface area contributed by atoms with Gasteiger partial charge in [0.2, 0.25) is 4.96 Å². The van der Waals surface area contributed by atoms with Gasteiger partial charge < -0.3 is 5.32 Å². The summed E-state index contributed by atoms with van der Waals surface area (Å²) in [6.45, 7) is 0. The minimum atomic E-state index is -0.155. The van der Waals surface area contributed by atoms with E-state index in [1.54, 1.807) is 23.0 Å².